The molecule has 2 rings (SSSR count). The number of thioether (sulfide) groups is 1. The molecule has 0 saturated heterocycles. The summed E-state index contributed by atoms with van der Waals surface area (Å²) in [6.45, 7) is 10.0. The zero-order chi connectivity index (χ0) is 12.4. The predicted molar refractivity (Wildman–Crippen MR) is 78.8 cm³/mol. The van der Waals surface area contributed by atoms with E-state index in [0.717, 1.165) is 12.3 Å². The fraction of sp³-hybridized carbons (Fsp3) is 0.467. The summed E-state index contributed by atoms with van der Waals surface area (Å²) >= 11 is 2.01. The van der Waals surface area contributed by atoms with Crippen molar-refractivity contribution in [2.45, 2.75) is 45.2 Å². The number of hydrogen-bond acceptors (Lipinski definition) is 1. The second-order valence-corrected chi connectivity index (χ2v) is 6.32. The maximum absolute atomic E-state index is 2.46. The molecule has 17 heavy (non-hydrogen) atoms. The van der Waals surface area contributed by atoms with Gasteiger partial charge in [-0.2, -0.15) is 11.8 Å². The lowest BCUT2D eigenvalue weighted by molar-refractivity contribution is 0.763. The standard InChI is InChI=1S/C15H21NS/c1-5-16-14(10-17-11(2)3)9-13-8-6-7-12(4)15(13)16/h6-9,11H,5,10H2,1-4H3. The number of benzene rings is 1. The van der Waals surface area contributed by atoms with Gasteiger partial charge >= 0.3 is 0 Å². The van der Waals surface area contributed by atoms with Gasteiger partial charge in [-0.3, -0.25) is 0 Å². The molecule has 1 nitrogen and oxygen atoms in total. The molecule has 0 aliphatic heterocycles. The van der Waals surface area contributed by atoms with Crippen molar-refractivity contribution in [3.05, 3.63) is 35.5 Å². The maximum Gasteiger partial charge on any atom is 0.0512 e. The monoisotopic (exact) mass is 247 g/mol. The summed E-state index contributed by atoms with van der Waals surface area (Å²) in [6, 6.07) is 8.92. The lowest BCUT2D eigenvalue weighted by Gasteiger charge is -2.10. The van der Waals surface area contributed by atoms with Crippen molar-refractivity contribution < 1.29 is 0 Å². The van der Waals surface area contributed by atoms with Crippen molar-refractivity contribution in [3.8, 4) is 0 Å². The highest BCUT2D eigenvalue weighted by Crippen LogP contribution is 2.26. The highest BCUT2D eigenvalue weighted by Gasteiger charge is 2.09. The summed E-state index contributed by atoms with van der Waals surface area (Å²) in [5, 5.41) is 2.07. The van der Waals surface area contributed by atoms with Crippen LogP contribution in [0.5, 0.6) is 0 Å². The average molecular weight is 247 g/mol. The minimum absolute atomic E-state index is 0.694. The van der Waals surface area contributed by atoms with Crippen LogP contribution in [0, 0.1) is 6.92 Å². The van der Waals surface area contributed by atoms with Crippen LogP contribution >= 0.6 is 11.8 Å². The molecule has 0 saturated carbocycles. The largest absolute Gasteiger partial charge is 0.344 e. The van der Waals surface area contributed by atoms with Crippen LogP contribution in [0.3, 0.4) is 0 Å². The minimum atomic E-state index is 0.694. The lowest BCUT2D eigenvalue weighted by atomic mass is 10.2. The molecule has 1 aromatic heterocycles. The van der Waals surface area contributed by atoms with Crippen LogP contribution in [0.1, 0.15) is 32.0 Å². The van der Waals surface area contributed by atoms with Gasteiger partial charge in [-0.1, -0.05) is 32.0 Å². The smallest absolute Gasteiger partial charge is 0.0512 e. The number of fused-ring (bicyclic) bond motifs is 1. The summed E-state index contributed by atoms with van der Waals surface area (Å²) in [4.78, 5) is 0. The van der Waals surface area contributed by atoms with Gasteiger partial charge in [0.1, 0.15) is 0 Å². The molecule has 2 aromatic rings. The Morgan fingerprint density at radius 1 is 1.29 bits per heavy atom. The van der Waals surface area contributed by atoms with Crippen molar-refractivity contribution in [1.82, 2.24) is 4.57 Å². The van der Waals surface area contributed by atoms with Crippen LogP contribution in [0.4, 0.5) is 0 Å². The molecule has 0 aliphatic rings. The second-order valence-electron chi connectivity index (χ2n) is 4.75. The summed E-state index contributed by atoms with van der Waals surface area (Å²) in [6.07, 6.45) is 0. The quantitative estimate of drug-likeness (QED) is 0.763. The van der Waals surface area contributed by atoms with Crippen molar-refractivity contribution >= 4 is 22.7 Å². The predicted octanol–water partition coefficient (Wildman–Crippen LogP) is 4.61. The summed E-state index contributed by atoms with van der Waals surface area (Å²) in [5.74, 6) is 1.11. The topological polar surface area (TPSA) is 4.93 Å². The van der Waals surface area contributed by atoms with Gasteiger partial charge in [0.05, 0.1) is 5.52 Å². The first-order valence-corrected chi connectivity index (χ1v) is 7.37. The molecule has 0 atom stereocenters. The van der Waals surface area contributed by atoms with Crippen molar-refractivity contribution in [2.24, 2.45) is 0 Å². The minimum Gasteiger partial charge on any atom is -0.344 e. The molecule has 0 N–H and O–H groups in total. The van der Waals surface area contributed by atoms with Gasteiger partial charge in [0, 0.05) is 23.4 Å². The Labute approximate surface area is 108 Å². The molecule has 92 valence electrons. The van der Waals surface area contributed by atoms with Gasteiger partial charge in [0.15, 0.2) is 0 Å². The van der Waals surface area contributed by atoms with Gasteiger partial charge in [0.2, 0.25) is 0 Å². The van der Waals surface area contributed by atoms with E-state index in [4.69, 9.17) is 0 Å². The van der Waals surface area contributed by atoms with Crippen molar-refractivity contribution in [2.75, 3.05) is 0 Å². The third kappa shape index (κ3) is 2.52. The van der Waals surface area contributed by atoms with Gasteiger partial charge in [-0.15, -0.1) is 0 Å². The van der Waals surface area contributed by atoms with E-state index in [1.165, 1.54) is 22.2 Å². The Bertz CT molecular complexity index is 511. The normalized spacial score (nSPS) is 11.6. The molecule has 1 heterocycles. The number of hydrogen-bond donors (Lipinski definition) is 0. The molecule has 1 aromatic carbocycles. The second kappa shape index (κ2) is 5.18. The Kier molecular flexibility index (Phi) is 3.82. The van der Waals surface area contributed by atoms with Crippen LogP contribution in [-0.4, -0.2) is 9.82 Å². The van der Waals surface area contributed by atoms with Gasteiger partial charge in [-0.25, -0.2) is 0 Å². The average Bonchev–Trinajstić information content (AvgIpc) is 2.65. The number of nitrogens with zero attached hydrogens (tertiary/aromatic N) is 1. The van der Waals surface area contributed by atoms with E-state index in [1.54, 1.807) is 0 Å². The molecule has 0 spiro atoms. The van der Waals surface area contributed by atoms with E-state index in [-0.39, 0.29) is 0 Å². The first-order valence-electron chi connectivity index (χ1n) is 6.32. The summed E-state index contributed by atoms with van der Waals surface area (Å²) in [5.41, 5.74) is 4.25. The molecule has 0 fully saturated rings. The molecular formula is C15H21NS. The number of aromatic nitrogens is 1. The molecule has 0 radical (unpaired) electrons. The summed E-state index contributed by atoms with van der Waals surface area (Å²) < 4.78 is 2.46. The molecule has 0 amide bonds. The summed E-state index contributed by atoms with van der Waals surface area (Å²) in [7, 11) is 0. The van der Waals surface area contributed by atoms with E-state index in [1.807, 2.05) is 11.8 Å². The van der Waals surface area contributed by atoms with Gasteiger partial charge in [-0.05, 0) is 30.7 Å². The molecule has 0 unspecified atom stereocenters. The van der Waals surface area contributed by atoms with Crippen LogP contribution in [-0.2, 0) is 12.3 Å². The third-order valence-electron chi connectivity index (χ3n) is 3.09. The Morgan fingerprint density at radius 3 is 2.71 bits per heavy atom. The first-order chi connectivity index (χ1) is 8.13. The fourth-order valence-corrected chi connectivity index (χ4v) is 3.04. The molecule has 0 bridgehead atoms. The third-order valence-corrected chi connectivity index (χ3v) is 4.22. The van der Waals surface area contributed by atoms with Crippen LogP contribution in [0.15, 0.2) is 24.3 Å². The van der Waals surface area contributed by atoms with Crippen LogP contribution in [0.25, 0.3) is 10.9 Å². The molecule has 2 heteroatoms. The zero-order valence-electron chi connectivity index (χ0n) is 11.2. The Balaban J connectivity index is 2.45. The van der Waals surface area contributed by atoms with Crippen molar-refractivity contribution in [1.29, 1.82) is 0 Å². The fourth-order valence-electron chi connectivity index (χ4n) is 2.30. The molecule has 0 aliphatic carbocycles. The number of aryl methyl sites for hydroxylation is 2. The van der Waals surface area contributed by atoms with Crippen LogP contribution < -0.4 is 0 Å². The van der Waals surface area contributed by atoms with Crippen molar-refractivity contribution in [3.63, 3.8) is 0 Å². The molecular weight excluding hydrogens is 226 g/mol. The van der Waals surface area contributed by atoms with E-state index in [9.17, 15) is 0 Å². The van der Waals surface area contributed by atoms with Gasteiger partial charge < -0.3 is 4.57 Å². The highest BCUT2D eigenvalue weighted by molar-refractivity contribution is 7.99. The lowest BCUT2D eigenvalue weighted by Crippen LogP contribution is -2.01. The van der Waals surface area contributed by atoms with Crippen LogP contribution in [0.2, 0.25) is 0 Å². The highest BCUT2D eigenvalue weighted by atomic mass is 32.2. The van der Waals surface area contributed by atoms with E-state index in [0.29, 0.717) is 5.25 Å². The SMILES string of the molecule is CCn1c(CSC(C)C)cc2cccc(C)c21. The van der Waals surface area contributed by atoms with E-state index in [2.05, 4.69) is 56.5 Å². The Hall–Kier alpha value is -0.890. The first kappa shape index (κ1) is 12.6. The van der Waals surface area contributed by atoms with Gasteiger partial charge in [0.25, 0.3) is 0 Å². The zero-order valence-corrected chi connectivity index (χ0v) is 12.0. The maximum atomic E-state index is 2.46. The Morgan fingerprint density at radius 2 is 2.06 bits per heavy atom. The van der Waals surface area contributed by atoms with E-state index < -0.39 is 0 Å². The number of rotatable bonds is 4. The van der Waals surface area contributed by atoms with E-state index >= 15 is 0 Å². The number of para-hydroxylation sites is 1.